The number of hydrogen-bond acceptors (Lipinski definition) is 8. The summed E-state index contributed by atoms with van der Waals surface area (Å²) in [5, 5.41) is 21.0. The van der Waals surface area contributed by atoms with Crippen LogP contribution in [0.4, 0.5) is 5.69 Å². The van der Waals surface area contributed by atoms with Gasteiger partial charge in [0.05, 0.1) is 24.9 Å². The minimum absolute atomic E-state index is 0.0492. The number of nitrogens with one attached hydrogen (secondary N) is 1. The van der Waals surface area contributed by atoms with Crippen molar-refractivity contribution in [1.82, 2.24) is 15.1 Å². The number of benzene rings is 1. The number of rotatable bonds is 16. The molecule has 2 aliphatic rings. The van der Waals surface area contributed by atoms with Gasteiger partial charge in [-0.25, -0.2) is 4.99 Å². The number of carbonyl (C=O) groups excluding carboxylic acids is 2. The molecule has 0 radical (unpaired) electrons. The van der Waals surface area contributed by atoms with Gasteiger partial charge in [-0.3, -0.25) is 9.59 Å². The minimum Gasteiger partial charge on any atom is -0.494 e. The highest BCUT2D eigenvalue weighted by Gasteiger charge is 2.25. The van der Waals surface area contributed by atoms with Crippen LogP contribution in [-0.4, -0.2) is 82.8 Å². The van der Waals surface area contributed by atoms with E-state index in [4.69, 9.17) is 15.6 Å². The van der Waals surface area contributed by atoms with Gasteiger partial charge in [-0.1, -0.05) is 32.1 Å². The van der Waals surface area contributed by atoms with Gasteiger partial charge < -0.3 is 35.8 Å². The van der Waals surface area contributed by atoms with Crippen molar-refractivity contribution in [3.8, 4) is 5.75 Å². The number of nitrogens with two attached hydrogens (primary N) is 1. The highest BCUT2D eigenvalue weighted by molar-refractivity contribution is 5.88. The molecule has 1 fully saturated rings. The van der Waals surface area contributed by atoms with E-state index < -0.39 is 6.10 Å². The van der Waals surface area contributed by atoms with Gasteiger partial charge in [-0.2, -0.15) is 0 Å². The van der Waals surface area contributed by atoms with Crippen molar-refractivity contribution in [2.45, 2.75) is 96.2 Å². The summed E-state index contributed by atoms with van der Waals surface area (Å²) in [6.07, 6.45) is 10.2. The van der Waals surface area contributed by atoms with Crippen LogP contribution < -0.4 is 15.8 Å². The van der Waals surface area contributed by atoms with Gasteiger partial charge in [-0.15, -0.1) is 0 Å². The second-order valence-corrected chi connectivity index (χ2v) is 10.7. The van der Waals surface area contributed by atoms with Gasteiger partial charge in [0, 0.05) is 44.3 Å². The second kappa shape index (κ2) is 16.3. The van der Waals surface area contributed by atoms with Crippen molar-refractivity contribution >= 4 is 23.5 Å². The summed E-state index contributed by atoms with van der Waals surface area (Å²) in [6, 6.07) is 5.97. The van der Waals surface area contributed by atoms with Gasteiger partial charge in [0.25, 0.3) is 0 Å². The van der Waals surface area contributed by atoms with Crippen molar-refractivity contribution in [1.29, 1.82) is 0 Å². The number of amides is 2. The Balaban J connectivity index is 1.47. The third-order valence-corrected chi connectivity index (χ3v) is 7.35. The van der Waals surface area contributed by atoms with E-state index in [2.05, 4.69) is 15.2 Å². The molecule has 5 N–H and O–H groups in total. The number of aliphatic hydroxyl groups excluding tert-OH is 2. The molecule has 0 spiro atoms. The molecule has 1 atom stereocenters. The van der Waals surface area contributed by atoms with E-state index in [1.807, 2.05) is 18.2 Å². The number of unbranched alkanes of at least 4 members (excludes halogenated alkanes) is 3. The van der Waals surface area contributed by atoms with Crippen LogP contribution in [0, 0.1) is 0 Å². The Morgan fingerprint density at radius 3 is 2.69 bits per heavy atom. The van der Waals surface area contributed by atoms with Crippen molar-refractivity contribution in [3.63, 3.8) is 0 Å². The molecule has 39 heavy (non-hydrogen) atoms. The van der Waals surface area contributed by atoms with Gasteiger partial charge in [0.1, 0.15) is 5.75 Å². The topological polar surface area (TPSA) is 141 Å². The highest BCUT2D eigenvalue weighted by Crippen LogP contribution is 2.29. The first-order chi connectivity index (χ1) is 18.9. The molecule has 0 bridgehead atoms. The molecule has 1 saturated carbocycles. The Hall–Kier alpha value is -2.85. The van der Waals surface area contributed by atoms with Crippen molar-refractivity contribution in [2.24, 2.45) is 10.7 Å². The van der Waals surface area contributed by atoms with E-state index in [-0.39, 0.29) is 37.5 Å². The lowest BCUT2D eigenvalue weighted by Crippen LogP contribution is -2.45. The molecule has 2 amide bonds. The summed E-state index contributed by atoms with van der Waals surface area (Å²) >= 11 is 0. The third-order valence-electron chi connectivity index (χ3n) is 7.35. The standard InChI is InChI=1S/C29H47N5O5/c1-22(36)19-31-27(37)21-33-20-23-18-25(13-14-26(23)32-29(33)30)39-17-9-12-28(38)34(15-7-2-3-8-16-35)24-10-5-4-6-11-24/h13-14,18,22,24,35-36H,2-12,15-17,19-21H2,1H3,(H2,30,32)(H,31,37). The first-order valence-electron chi connectivity index (χ1n) is 14.6. The number of aliphatic hydroxyl groups is 2. The summed E-state index contributed by atoms with van der Waals surface area (Å²) < 4.78 is 5.98. The lowest BCUT2D eigenvalue weighted by atomic mass is 9.93. The van der Waals surface area contributed by atoms with Crippen LogP contribution in [0.25, 0.3) is 0 Å². The fraction of sp³-hybridized carbons (Fsp3) is 0.690. The summed E-state index contributed by atoms with van der Waals surface area (Å²) in [5.41, 5.74) is 7.72. The average Bonchev–Trinajstić information content (AvgIpc) is 2.93. The molecule has 1 aliphatic carbocycles. The summed E-state index contributed by atoms with van der Waals surface area (Å²) in [7, 11) is 0. The zero-order chi connectivity index (χ0) is 28.0. The molecule has 3 rings (SSSR count). The summed E-state index contributed by atoms with van der Waals surface area (Å²) in [4.78, 5) is 33.6. The molecule has 0 aromatic heterocycles. The first kappa shape index (κ1) is 30.7. The fourth-order valence-corrected chi connectivity index (χ4v) is 5.20. The Morgan fingerprint density at radius 1 is 1.18 bits per heavy atom. The maximum absolute atomic E-state index is 13.2. The molecule has 1 heterocycles. The molecule has 10 heteroatoms. The van der Waals surface area contributed by atoms with E-state index in [9.17, 15) is 14.7 Å². The van der Waals surface area contributed by atoms with Crippen molar-refractivity contribution in [2.75, 3.05) is 32.8 Å². The molecular weight excluding hydrogens is 498 g/mol. The first-order valence-corrected chi connectivity index (χ1v) is 14.6. The van der Waals surface area contributed by atoms with E-state index in [1.54, 1.807) is 11.8 Å². The molecule has 218 valence electrons. The van der Waals surface area contributed by atoms with E-state index >= 15 is 0 Å². The van der Waals surface area contributed by atoms with Crippen LogP contribution in [-0.2, 0) is 16.1 Å². The van der Waals surface area contributed by atoms with E-state index in [0.29, 0.717) is 37.8 Å². The number of hydrogen-bond donors (Lipinski definition) is 4. The van der Waals surface area contributed by atoms with E-state index in [0.717, 1.165) is 56.3 Å². The number of ether oxygens (including phenoxy) is 1. The van der Waals surface area contributed by atoms with Crippen LogP contribution in [0.2, 0.25) is 0 Å². The van der Waals surface area contributed by atoms with E-state index in [1.165, 1.54) is 19.3 Å². The maximum Gasteiger partial charge on any atom is 0.239 e. The van der Waals surface area contributed by atoms with Gasteiger partial charge >= 0.3 is 0 Å². The summed E-state index contributed by atoms with van der Waals surface area (Å²) in [5.74, 6) is 0.954. The van der Waals surface area contributed by atoms with Crippen LogP contribution >= 0.6 is 0 Å². The van der Waals surface area contributed by atoms with Crippen molar-refractivity contribution in [3.05, 3.63) is 23.8 Å². The highest BCUT2D eigenvalue weighted by atomic mass is 16.5. The monoisotopic (exact) mass is 545 g/mol. The average molecular weight is 546 g/mol. The number of aliphatic imine (C=N–C) groups is 1. The molecule has 0 saturated heterocycles. The Morgan fingerprint density at radius 2 is 1.95 bits per heavy atom. The largest absolute Gasteiger partial charge is 0.494 e. The predicted octanol–water partition coefficient (Wildman–Crippen LogP) is 2.82. The summed E-state index contributed by atoms with van der Waals surface area (Å²) in [6.45, 7) is 3.75. The third kappa shape index (κ3) is 10.3. The van der Waals surface area contributed by atoms with Gasteiger partial charge in [0.15, 0.2) is 5.96 Å². The predicted molar refractivity (Wildman–Crippen MR) is 152 cm³/mol. The Kier molecular flexibility index (Phi) is 12.8. The number of nitrogens with zero attached hydrogens (tertiary/aromatic N) is 3. The number of guanidine groups is 1. The maximum atomic E-state index is 13.2. The molecular formula is C29H47N5O5. The molecule has 10 nitrogen and oxygen atoms in total. The number of carbonyl (C=O) groups is 2. The zero-order valence-corrected chi connectivity index (χ0v) is 23.4. The minimum atomic E-state index is -0.616. The van der Waals surface area contributed by atoms with Gasteiger partial charge in [0.2, 0.25) is 11.8 Å². The molecule has 1 aliphatic heterocycles. The fourth-order valence-electron chi connectivity index (χ4n) is 5.20. The van der Waals surface area contributed by atoms with Crippen LogP contribution in [0.15, 0.2) is 23.2 Å². The SMILES string of the molecule is CC(O)CNC(=O)CN1Cc2cc(OCCCC(=O)N(CCCCCCO)C3CCCCC3)ccc2N=C1N. The second-order valence-electron chi connectivity index (χ2n) is 10.7. The smallest absolute Gasteiger partial charge is 0.239 e. The lowest BCUT2D eigenvalue weighted by Gasteiger charge is -2.34. The number of fused-ring (bicyclic) bond motifs is 1. The zero-order valence-electron chi connectivity index (χ0n) is 23.4. The Labute approximate surface area is 232 Å². The Bertz CT molecular complexity index is 948. The molecule has 1 unspecified atom stereocenters. The quantitative estimate of drug-likeness (QED) is 0.234. The van der Waals surface area contributed by atoms with Gasteiger partial charge in [-0.05, 0) is 57.2 Å². The van der Waals surface area contributed by atoms with Crippen LogP contribution in [0.1, 0.15) is 83.1 Å². The van der Waals surface area contributed by atoms with Crippen molar-refractivity contribution < 1.29 is 24.5 Å². The lowest BCUT2D eigenvalue weighted by molar-refractivity contribution is -0.134. The molecule has 1 aromatic rings. The molecule has 1 aromatic carbocycles. The van der Waals surface area contributed by atoms with Crippen LogP contribution in [0.5, 0.6) is 5.75 Å². The van der Waals surface area contributed by atoms with Crippen LogP contribution in [0.3, 0.4) is 0 Å². The normalized spacial score (nSPS) is 16.3.